The molecule has 0 aromatic rings. The van der Waals surface area contributed by atoms with Gasteiger partial charge in [-0.2, -0.15) is 0 Å². The Kier molecular flexibility index (Phi) is 11.7. The van der Waals surface area contributed by atoms with Crippen LogP contribution in [0, 0.1) is 0 Å². The molecule has 23 heavy (non-hydrogen) atoms. The number of rotatable bonds is 12. The van der Waals surface area contributed by atoms with Crippen LogP contribution >= 0.6 is 18.0 Å². The molecule has 0 spiro atoms. The minimum absolute atomic E-state index is 0.0107. The van der Waals surface area contributed by atoms with Crippen LogP contribution in [0.3, 0.4) is 0 Å². The molecule has 0 aliphatic heterocycles. The number of unbranched alkanes of at least 4 members (excludes halogenated alkanes) is 3. The molecule has 6 nitrogen and oxygen atoms in total. The lowest BCUT2D eigenvalue weighted by Crippen LogP contribution is -2.28. The molecule has 2 atom stereocenters. The zero-order chi connectivity index (χ0) is 17.9. The summed E-state index contributed by atoms with van der Waals surface area (Å²) in [6.07, 6.45) is 4.92. The fraction of sp³-hybridized carbons (Fsp3) is 0.867. The molecule has 0 saturated carbocycles. The van der Waals surface area contributed by atoms with E-state index in [0.717, 1.165) is 32.1 Å². The average Bonchev–Trinajstić information content (AvgIpc) is 2.52. The lowest BCUT2D eigenvalue weighted by atomic mass is 10.1. The molecule has 2 unspecified atom stereocenters. The topological polar surface area (TPSA) is 78.5 Å². The van der Waals surface area contributed by atoms with E-state index in [2.05, 4.69) is 10.4 Å². The molecule has 0 rings (SSSR count). The second-order valence-electron chi connectivity index (χ2n) is 5.63. The number of hydrogen-bond acceptors (Lipinski definition) is 4. The molecule has 0 saturated heterocycles. The zero-order valence-corrected chi connectivity index (χ0v) is 16.8. The van der Waals surface area contributed by atoms with Crippen molar-refractivity contribution in [2.75, 3.05) is 20.6 Å². The Morgan fingerprint density at radius 1 is 1.22 bits per heavy atom. The van der Waals surface area contributed by atoms with E-state index in [1.807, 2.05) is 13.8 Å². The highest BCUT2D eigenvalue weighted by Crippen LogP contribution is 2.59. The highest BCUT2D eigenvalue weighted by molar-refractivity contribution is 8.57. The summed E-state index contributed by atoms with van der Waals surface area (Å²) < 4.78 is 14.2. The largest absolute Gasteiger partial charge is 0.356 e. The quantitative estimate of drug-likeness (QED) is 0.409. The van der Waals surface area contributed by atoms with E-state index in [1.54, 1.807) is 14.1 Å². The molecular formula is C15H32N3O3PS. The molecular weight excluding hydrogens is 333 g/mol. The summed E-state index contributed by atoms with van der Waals surface area (Å²) in [6, 6.07) is 0. The number of hydrogen-bond donors (Lipinski definition) is 2. The van der Waals surface area contributed by atoms with Gasteiger partial charge in [0.05, 0.1) is 0 Å². The van der Waals surface area contributed by atoms with Gasteiger partial charge in [-0.15, -0.1) is 0 Å². The Bertz CT molecular complexity index is 421. The minimum Gasteiger partial charge on any atom is -0.356 e. The van der Waals surface area contributed by atoms with Gasteiger partial charge in [0.25, 0.3) is 6.65 Å². The van der Waals surface area contributed by atoms with Crippen LogP contribution in [0.5, 0.6) is 0 Å². The van der Waals surface area contributed by atoms with Gasteiger partial charge in [0.2, 0.25) is 11.8 Å². The summed E-state index contributed by atoms with van der Waals surface area (Å²) in [5.41, 5.74) is 0. The van der Waals surface area contributed by atoms with E-state index in [0.29, 0.717) is 13.0 Å². The van der Waals surface area contributed by atoms with E-state index < -0.39 is 6.65 Å². The van der Waals surface area contributed by atoms with Gasteiger partial charge in [-0.25, -0.2) is 5.09 Å². The third kappa shape index (κ3) is 9.38. The van der Waals surface area contributed by atoms with E-state index >= 15 is 0 Å². The lowest BCUT2D eigenvalue weighted by Gasteiger charge is -2.28. The van der Waals surface area contributed by atoms with Crippen molar-refractivity contribution in [3.8, 4) is 0 Å². The van der Waals surface area contributed by atoms with E-state index in [1.165, 1.54) is 23.0 Å². The molecule has 0 aromatic heterocycles. The molecule has 0 aliphatic carbocycles. The van der Waals surface area contributed by atoms with Crippen molar-refractivity contribution >= 4 is 29.8 Å². The molecule has 0 heterocycles. The molecule has 0 bridgehead atoms. The third-order valence-corrected chi connectivity index (χ3v) is 9.40. The zero-order valence-electron chi connectivity index (χ0n) is 15.1. The molecule has 2 N–H and O–H groups in total. The second-order valence-corrected chi connectivity index (χ2v) is 10.9. The van der Waals surface area contributed by atoms with Crippen LogP contribution in [-0.4, -0.2) is 42.4 Å². The molecule has 8 heteroatoms. The van der Waals surface area contributed by atoms with Crippen molar-refractivity contribution in [2.24, 2.45) is 0 Å². The molecule has 0 aliphatic rings. The van der Waals surface area contributed by atoms with Crippen LogP contribution in [0.1, 0.15) is 59.3 Å². The van der Waals surface area contributed by atoms with Crippen LogP contribution in [0.2, 0.25) is 0 Å². The summed E-state index contributed by atoms with van der Waals surface area (Å²) in [7, 11) is 3.26. The summed E-state index contributed by atoms with van der Waals surface area (Å²) in [5, 5.41) is 5.82. The van der Waals surface area contributed by atoms with Crippen LogP contribution in [-0.2, 0) is 14.2 Å². The van der Waals surface area contributed by atoms with Crippen molar-refractivity contribution in [1.29, 1.82) is 0 Å². The van der Waals surface area contributed by atoms with Gasteiger partial charge in [-0.1, -0.05) is 38.1 Å². The maximum atomic E-state index is 12.8. The minimum atomic E-state index is -2.89. The van der Waals surface area contributed by atoms with Crippen molar-refractivity contribution < 1.29 is 14.2 Å². The van der Waals surface area contributed by atoms with Crippen LogP contribution in [0.25, 0.3) is 0 Å². The van der Waals surface area contributed by atoms with Crippen molar-refractivity contribution in [3.63, 3.8) is 0 Å². The first-order chi connectivity index (χ1) is 10.8. The fourth-order valence-corrected chi connectivity index (χ4v) is 6.42. The second kappa shape index (κ2) is 11.9. The Hall–Kier alpha value is -0.520. The monoisotopic (exact) mass is 365 g/mol. The Morgan fingerprint density at radius 3 is 2.35 bits per heavy atom. The maximum absolute atomic E-state index is 12.8. The highest BCUT2D eigenvalue weighted by atomic mass is 32.7. The fourth-order valence-electron chi connectivity index (χ4n) is 1.92. The summed E-state index contributed by atoms with van der Waals surface area (Å²) >= 11 is 1.35. The summed E-state index contributed by atoms with van der Waals surface area (Å²) in [5.74, 6) is -0.0937. The predicted octanol–water partition coefficient (Wildman–Crippen LogP) is 3.39. The average molecular weight is 365 g/mol. The van der Waals surface area contributed by atoms with Crippen LogP contribution < -0.4 is 10.4 Å². The van der Waals surface area contributed by atoms with E-state index in [-0.39, 0.29) is 17.1 Å². The molecule has 2 amide bonds. The smallest absolute Gasteiger partial charge is 0.294 e. The Balaban J connectivity index is 4.13. The maximum Gasteiger partial charge on any atom is 0.294 e. The van der Waals surface area contributed by atoms with Crippen molar-refractivity contribution in [2.45, 2.75) is 64.5 Å². The van der Waals surface area contributed by atoms with Gasteiger partial charge in [0.15, 0.2) is 0 Å². The standard InChI is InChI=1S/C15H32N3O3PS/c1-6-13(2)23-22(21,16-4)18(5)15(20)11-9-7-8-10-12-17-14(3)19/h13H,6-12H2,1-5H3,(H,16,21)(H,17,19). The first-order valence-corrected chi connectivity index (χ1v) is 11.4. The normalized spacial score (nSPS) is 14.8. The summed E-state index contributed by atoms with van der Waals surface area (Å²) in [4.78, 5) is 23.0. The number of nitrogens with one attached hydrogen (secondary N) is 2. The van der Waals surface area contributed by atoms with Gasteiger partial charge >= 0.3 is 0 Å². The Morgan fingerprint density at radius 2 is 1.83 bits per heavy atom. The van der Waals surface area contributed by atoms with Gasteiger partial charge in [0.1, 0.15) is 0 Å². The number of carbonyl (C=O) groups is 2. The molecule has 0 radical (unpaired) electrons. The van der Waals surface area contributed by atoms with Crippen molar-refractivity contribution in [3.05, 3.63) is 0 Å². The third-order valence-electron chi connectivity index (χ3n) is 3.63. The van der Waals surface area contributed by atoms with Gasteiger partial charge < -0.3 is 5.32 Å². The SMILES string of the molecule is CCC(C)SP(=O)(NC)N(C)C(=O)CCCCCCNC(C)=O. The highest BCUT2D eigenvalue weighted by Gasteiger charge is 2.31. The van der Waals surface area contributed by atoms with Gasteiger partial charge in [0, 0.05) is 32.2 Å². The lowest BCUT2D eigenvalue weighted by molar-refractivity contribution is -0.125. The Labute approximate surface area is 144 Å². The van der Waals surface area contributed by atoms with Crippen molar-refractivity contribution in [1.82, 2.24) is 15.1 Å². The number of carbonyl (C=O) groups excluding carboxylic acids is 2. The van der Waals surface area contributed by atoms with Crippen LogP contribution in [0.4, 0.5) is 0 Å². The van der Waals surface area contributed by atoms with E-state index in [9.17, 15) is 14.2 Å². The number of nitrogens with zero attached hydrogens (tertiary/aromatic N) is 1. The van der Waals surface area contributed by atoms with E-state index in [4.69, 9.17) is 0 Å². The molecule has 136 valence electrons. The molecule has 0 aromatic carbocycles. The van der Waals surface area contributed by atoms with Crippen LogP contribution in [0.15, 0.2) is 0 Å². The van der Waals surface area contributed by atoms with Gasteiger partial charge in [-0.05, 0) is 26.3 Å². The van der Waals surface area contributed by atoms with Gasteiger partial charge in [-0.3, -0.25) is 18.8 Å². The number of amides is 2. The molecule has 0 fully saturated rings. The first kappa shape index (κ1) is 22.5. The summed E-state index contributed by atoms with van der Waals surface area (Å²) in [6.45, 7) is 3.35. The predicted molar refractivity (Wildman–Crippen MR) is 98.5 cm³/mol. The first-order valence-electron chi connectivity index (χ1n) is 8.25.